The fourth-order valence-corrected chi connectivity index (χ4v) is 2.48. The van der Waals surface area contributed by atoms with Crippen molar-refractivity contribution < 1.29 is 21.6 Å². The van der Waals surface area contributed by atoms with Crippen molar-refractivity contribution >= 4 is 19.7 Å². The number of nitriles is 1. The van der Waals surface area contributed by atoms with Gasteiger partial charge in [-0.15, -0.1) is 0 Å². The van der Waals surface area contributed by atoms with Crippen molar-refractivity contribution in [3.8, 4) is 6.07 Å². The van der Waals surface area contributed by atoms with Gasteiger partial charge in [-0.1, -0.05) is 0 Å². The smallest absolute Gasteiger partial charge is 0.207 e. The number of alkyl halides is 3. The maximum Gasteiger partial charge on any atom is 0.417 e. The van der Waals surface area contributed by atoms with Crippen LogP contribution in [0.5, 0.6) is 0 Å². The zero-order chi connectivity index (χ0) is 13.4. The summed E-state index contributed by atoms with van der Waals surface area (Å²) in [6, 6.07) is 2.58. The van der Waals surface area contributed by atoms with Crippen molar-refractivity contribution in [3.63, 3.8) is 0 Å². The molecule has 1 rings (SSSR count). The molecule has 8 heteroatoms. The summed E-state index contributed by atoms with van der Waals surface area (Å²) in [5.41, 5.74) is -1.96. The molecule has 0 unspecified atom stereocenters. The third-order valence-electron chi connectivity index (χ3n) is 2.00. The van der Waals surface area contributed by atoms with Crippen LogP contribution in [0.25, 0.3) is 0 Å². The molecule has 0 saturated carbocycles. The second-order valence-electron chi connectivity index (χ2n) is 3.21. The van der Waals surface area contributed by atoms with Gasteiger partial charge in [-0.3, -0.25) is 0 Å². The van der Waals surface area contributed by atoms with Crippen LogP contribution in [0, 0.1) is 18.3 Å². The monoisotopic (exact) mass is 283 g/mol. The van der Waals surface area contributed by atoms with E-state index >= 15 is 0 Å². The van der Waals surface area contributed by atoms with E-state index in [-0.39, 0.29) is 5.56 Å². The molecule has 0 saturated heterocycles. The number of aryl methyl sites for hydroxylation is 1. The number of hydrogen-bond acceptors (Lipinski definition) is 3. The van der Waals surface area contributed by atoms with E-state index in [1.807, 2.05) is 0 Å². The molecule has 0 heterocycles. The maximum atomic E-state index is 12.5. The van der Waals surface area contributed by atoms with Gasteiger partial charge in [0.25, 0.3) is 9.05 Å². The van der Waals surface area contributed by atoms with E-state index < -0.39 is 31.2 Å². The first kappa shape index (κ1) is 13.8. The van der Waals surface area contributed by atoms with E-state index in [2.05, 4.69) is 0 Å². The first-order valence-electron chi connectivity index (χ1n) is 4.14. The van der Waals surface area contributed by atoms with Gasteiger partial charge in [0.05, 0.1) is 22.1 Å². The Morgan fingerprint density at radius 3 is 2.24 bits per heavy atom. The molecule has 0 aliphatic rings. The molecule has 0 bridgehead atoms. The molecule has 0 fully saturated rings. The van der Waals surface area contributed by atoms with Crippen LogP contribution in [0.2, 0.25) is 0 Å². The van der Waals surface area contributed by atoms with E-state index in [1.54, 1.807) is 0 Å². The average Bonchev–Trinajstić information content (AvgIpc) is 2.13. The second-order valence-corrected chi connectivity index (χ2v) is 5.75. The molecule has 0 amide bonds. The Morgan fingerprint density at radius 2 is 1.88 bits per heavy atom. The Bertz CT molecular complexity index is 602. The van der Waals surface area contributed by atoms with E-state index in [0.29, 0.717) is 6.07 Å². The highest BCUT2D eigenvalue weighted by atomic mass is 35.7. The molecule has 17 heavy (non-hydrogen) atoms. The number of benzene rings is 1. The Kier molecular flexibility index (Phi) is 3.41. The molecule has 92 valence electrons. The molecule has 0 aromatic heterocycles. The van der Waals surface area contributed by atoms with E-state index in [0.717, 1.165) is 6.07 Å². The van der Waals surface area contributed by atoms with Crippen LogP contribution in [-0.4, -0.2) is 8.42 Å². The Hall–Kier alpha value is -1.26. The van der Waals surface area contributed by atoms with Crippen LogP contribution in [0.1, 0.15) is 16.7 Å². The normalized spacial score (nSPS) is 12.2. The SMILES string of the molecule is Cc1cc(C#N)c(C(F)(F)F)cc1S(=O)(=O)Cl. The highest BCUT2D eigenvalue weighted by Gasteiger charge is 2.35. The Labute approximate surface area is 99.8 Å². The van der Waals surface area contributed by atoms with Crippen LogP contribution in [0.4, 0.5) is 13.2 Å². The van der Waals surface area contributed by atoms with Gasteiger partial charge in [0.15, 0.2) is 0 Å². The fourth-order valence-electron chi connectivity index (χ4n) is 1.28. The van der Waals surface area contributed by atoms with E-state index in [4.69, 9.17) is 15.9 Å². The van der Waals surface area contributed by atoms with Gasteiger partial charge in [-0.25, -0.2) is 8.42 Å². The predicted octanol–water partition coefficient (Wildman–Crippen LogP) is 2.81. The Balaban J connectivity index is 3.69. The van der Waals surface area contributed by atoms with Gasteiger partial charge in [0.1, 0.15) is 0 Å². The average molecular weight is 284 g/mol. The lowest BCUT2D eigenvalue weighted by Crippen LogP contribution is -2.10. The third-order valence-corrected chi connectivity index (χ3v) is 3.47. The number of hydrogen-bond donors (Lipinski definition) is 0. The highest BCUT2D eigenvalue weighted by molar-refractivity contribution is 8.13. The summed E-state index contributed by atoms with van der Waals surface area (Å²) in [7, 11) is 0.725. The zero-order valence-electron chi connectivity index (χ0n) is 8.34. The van der Waals surface area contributed by atoms with Crippen LogP contribution < -0.4 is 0 Å². The Morgan fingerprint density at radius 1 is 1.35 bits per heavy atom. The molecule has 3 nitrogen and oxygen atoms in total. The van der Waals surface area contributed by atoms with Gasteiger partial charge in [0, 0.05) is 10.7 Å². The van der Waals surface area contributed by atoms with E-state index in [1.165, 1.54) is 13.0 Å². The zero-order valence-corrected chi connectivity index (χ0v) is 9.91. The molecule has 0 atom stereocenters. The summed E-state index contributed by atoms with van der Waals surface area (Å²) in [5, 5.41) is 8.57. The molecule has 0 radical (unpaired) electrons. The van der Waals surface area contributed by atoms with Crippen molar-refractivity contribution in [1.82, 2.24) is 0 Å². The fraction of sp³-hybridized carbons (Fsp3) is 0.222. The molecule has 0 spiro atoms. The van der Waals surface area contributed by atoms with Crippen molar-refractivity contribution in [1.29, 1.82) is 5.26 Å². The number of nitrogens with zero attached hydrogens (tertiary/aromatic N) is 1. The lowest BCUT2D eigenvalue weighted by molar-refractivity contribution is -0.137. The number of halogens is 4. The van der Waals surface area contributed by atoms with Gasteiger partial charge in [0.2, 0.25) is 0 Å². The van der Waals surface area contributed by atoms with Crippen LogP contribution in [0.3, 0.4) is 0 Å². The van der Waals surface area contributed by atoms with Crippen molar-refractivity contribution in [2.75, 3.05) is 0 Å². The minimum Gasteiger partial charge on any atom is -0.207 e. The summed E-state index contributed by atoms with van der Waals surface area (Å²) >= 11 is 0. The maximum absolute atomic E-state index is 12.5. The molecule has 0 N–H and O–H groups in total. The summed E-state index contributed by atoms with van der Waals surface area (Å²) in [6.45, 7) is 1.26. The minimum atomic E-state index is -4.81. The van der Waals surface area contributed by atoms with Gasteiger partial charge in [-0.2, -0.15) is 18.4 Å². The first-order chi connectivity index (χ1) is 7.57. The minimum absolute atomic E-state index is 0.00968. The lowest BCUT2D eigenvalue weighted by atomic mass is 10.1. The van der Waals surface area contributed by atoms with Gasteiger partial charge >= 0.3 is 6.18 Å². The standard InChI is InChI=1S/C9H5ClF3NO2S/c1-5-2-6(4-14)7(9(11,12)13)3-8(5)17(10,15)16/h2-3H,1H3. The summed E-state index contributed by atoms with van der Waals surface area (Å²) < 4.78 is 59.7. The first-order valence-corrected chi connectivity index (χ1v) is 6.45. The summed E-state index contributed by atoms with van der Waals surface area (Å²) in [5.74, 6) is 0. The lowest BCUT2D eigenvalue weighted by Gasteiger charge is -2.11. The highest BCUT2D eigenvalue weighted by Crippen LogP contribution is 2.35. The summed E-state index contributed by atoms with van der Waals surface area (Å²) in [4.78, 5) is -0.648. The van der Waals surface area contributed by atoms with Gasteiger partial charge in [-0.05, 0) is 24.6 Å². The largest absolute Gasteiger partial charge is 0.417 e. The molecular weight excluding hydrogens is 279 g/mol. The predicted molar refractivity (Wildman–Crippen MR) is 53.9 cm³/mol. The number of rotatable bonds is 1. The van der Waals surface area contributed by atoms with Crippen LogP contribution in [-0.2, 0) is 15.2 Å². The van der Waals surface area contributed by atoms with Gasteiger partial charge < -0.3 is 0 Å². The second kappa shape index (κ2) is 4.20. The third kappa shape index (κ3) is 2.90. The van der Waals surface area contributed by atoms with Crippen LogP contribution in [0.15, 0.2) is 17.0 Å². The van der Waals surface area contributed by atoms with Crippen LogP contribution >= 0.6 is 10.7 Å². The van der Waals surface area contributed by atoms with Crippen molar-refractivity contribution in [2.24, 2.45) is 0 Å². The summed E-state index contributed by atoms with van der Waals surface area (Å²) in [6.07, 6.45) is -4.81. The molecule has 1 aromatic rings. The van der Waals surface area contributed by atoms with Crippen molar-refractivity contribution in [2.45, 2.75) is 18.0 Å². The topological polar surface area (TPSA) is 57.9 Å². The van der Waals surface area contributed by atoms with Crippen molar-refractivity contribution in [3.05, 3.63) is 28.8 Å². The molecule has 0 aliphatic heterocycles. The quantitative estimate of drug-likeness (QED) is 0.745. The molecule has 0 aliphatic carbocycles. The molecule has 1 aromatic carbocycles. The van der Waals surface area contributed by atoms with E-state index in [9.17, 15) is 21.6 Å². The molecular formula is C9H5ClF3NO2S.